The quantitative estimate of drug-likeness (QED) is 0.361. The minimum Gasteiger partial charge on any atom is -0.481 e. The van der Waals surface area contributed by atoms with Crippen LogP contribution in [0.5, 0.6) is 0 Å². The maximum Gasteiger partial charge on any atom is 0.334 e. The van der Waals surface area contributed by atoms with E-state index in [1.54, 1.807) is 0 Å². The monoisotopic (exact) mass is 272 g/mol. The number of alkyl halides is 1. The lowest BCUT2D eigenvalue weighted by Crippen LogP contribution is -2.18. The Morgan fingerprint density at radius 3 is 2.67 bits per heavy atom. The van der Waals surface area contributed by atoms with Crippen LogP contribution in [-0.4, -0.2) is 21.9 Å². The summed E-state index contributed by atoms with van der Waals surface area (Å²) in [4.78, 5) is 20.4. The van der Waals surface area contributed by atoms with E-state index in [-0.39, 0.29) is 6.42 Å². The van der Waals surface area contributed by atoms with Gasteiger partial charge in [0.1, 0.15) is 10.9 Å². The van der Waals surface area contributed by atoms with E-state index in [1.165, 1.54) is 0 Å². The van der Waals surface area contributed by atoms with E-state index in [4.69, 9.17) is 11.5 Å². The van der Waals surface area contributed by atoms with E-state index >= 15 is 0 Å². The summed E-state index contributed by atoms with van der Waals surface area (Å²) in [7, 11) is 0. The predicted octanol–water partition coefficient (Wildman–Crippen LogP) is 1.14. The summed E-state index contributed by atoms with van der Waals surface area (Å²) >= 11 is 2.87. The van der Waals surface area contributed by atoms with Crippen molar-refractivity contribution in [3.63, 3.8) is 0 Å². The summed E-state index contributed by atoms with van der Waals surface area (Å²) in [6.45, 7) is 0. The molecule has 0 aliphatic rings. The second-order valence-corrected chi connectivity index (χ2v) is 3.57. The van der Waals surface area contributed by atoms with Crippen LogP contribution in [0.1, 0.15) is 19.3 Å². The molecule has 0 bridgehead atoms. The van der Waals surface area contributed by atoms with Gasteiger partial charge in [-0.3, -0.25) is 4.79 Å². The average Bonchev–Trinajstić information content (AvgIpc) is 2.16. The number of esters is 1. The van der Waals surface area contributed by atoms with Crippen molar-refractivity contribution < 1.29 is 19.4 Å². The van der Waals surface area contributed by atoms with Gasteiger partial charge >= 0.3 is 11.9 Å². The second kappa shape index (κ2) is 7.90. The lowest BCUT2D eigenvalue weighted by atomic mass is 10.3. The van der Waals surface area contributed by atoms with E-state index < -0.39 is 16.8 Å². The average molecular weight is 273 g/mol. The van der Waals surface area contributed by atoms with Crippen molar-refractivity contribution in [1.82, 2.24) is 0 Å². The van der Waals surface area contributed by atoms with Gasteiger partial charge in [0.15, 0.2) is 0 Å². The Morgan fingerprint density at radius 1 is 1.47 bits per heavy atom. The molecule has 1 N–H and O–H groups in total. The van der Waals surface area contributed by atoms with Crippen LogP contribution in [0.2, 0.25) is 0 Å². The SMILES string of the molecule is C#CCCC#COC(=O)C(Br)CC(=O)O. The molecule has 0 fully saturated rings. The first-order valence-corrected chi connectivity index (χ1v) is 4.97. The number of aliphatic carboxylic acids is 1. The van der Waals surface area contributed by atoms with Gasteiger partial charge < -0.3 is 9.84 Å². The smallest absolute Gasteiger partial charge is 0.334 e. The lowest BCUT2D eigenvalue weighted by molar-refractivity contribution is -0.142. The van der Waals surface area contributed by atoms with Crippen molar-refractivity contribution in [3.05, 3.63) is 0 Å². The van der Waals surface area contributed by atoms with E-state index in [1.807, 2.05) is 0 Å². The van der Waals surface area contributed by atoms with Crippen LogP contribution in [0.4, 0.5) is 0 Å². The normalized spacial score (nSPS) is 10.4. The first-order valence-electron chi connectivity index (χ1n) is 4.05. The topological polar surface area (TPSA) is 63.6 Å². The Bertz CT molecular complexity index is 332. The summed E-state index contributed by atoms with van der Waals surface area (Å²) in [5.74, 6) is 3.09. The summed E-state index contributed by atoms with van der Waals surface area (Å²) in [6, 6.07) is 0. The number of carbonyl (C=O) groups is 2. The Morgan fingerprint density at radius 2 is 2.13 bits per heavy atom. The van der Waals surface area contributed by atoms with Gasteiger partial charge in [0.05, 0.1) is 6.42 Å². The van der Waals surface area contributed by atoms with Crippen molar-refractivity contribution >= 4 is 27.9 Å². The number of halogens is 1. The van der Waals surface area contributed by atoms with Gasteiger partial charge in [-0.05, 0) is 0 Å². The molecule has 1 atom stereocenters. The number of carbonyl (C=O) groups excluding carboxylic acids is 1. The number of carboxylic acid groups (broad SMARTS) is 1. The lowest BCUT2D eigenvalue weighted by Gasteiger charge is -2.01. The first kappa shape index (κ1) is 13.5. The Hall–Kier alpha value is -1.46. The van der Waals surface area contributed by atoms with Crippen LogP contribution < -0.4 is 0 Å². The zero-order valence-corrected chi connectivity index (χ0v) is 9.41. The largest absolute Gasteiger partial charge is 0.481 e. The molecule has 0 aliphatic heterocycles. The van der Waals surface area contributed by atoms with Crippen LogP contribution in [-0.2, 0) is 14.3 Å². The van der Waals surface area contributed by atoms with Crippen LogP contribution in [0.3, 0.4) is 0 Å². The Kier molecular flexibility index (Phi) is 7.13. The van der Waals surface area contributed by atoms with Crippen LogP contribution in [0.25, 0.3) is 0 Å². The van der Waals surface area contributed by atoms with Crippen molar-refractivity contribution in [1.29, 1.82) is 0 Å². The molecule has 5 heteroatoms. The molecule has 0 heterocycles. The third kappa shape index (κ3) is 7.60. The zero-order chi connectivity index (χ0) is 11.7. The molecule has 0 radical (unpaired) electrons. The highest BCUT2D eigenvalue weighted by Gasteiger charge is 2.19. The highest BCUT2D eigenvalue weighted by molar-refractivity contribution is 9.10. The molecule has 0 saturated carbocycles. The van der Waals surface area contributed by atoms with Gasteiger partial charge in [0, 0.05) is 12.8 Å². The number of unbranched alkanes of at least 4 members (excludes halogenated alkanes) is 1. The van der Waals surface area contributed by atoms with Crippen LogP contribution >= 0.6 is 15.9 Å². The molecule has 15 heavy (non-hydrogen) atoms. The molecular weight excluding hydrogens is 264 g/mol. The molecule has 0 aromatic rings. The molecule has 0 spiro atoms. The van der Waals surface area contributed by atoms with E-state index in [0.717, 1.165) is 0 Å². The van der Waals surface area contributed by atoms with Crippen molar-refractivity contribution in [2.24, 2.45) is 0 Å². The summed E-state index contributed by atoms with van der Waals surface area (Å²) in [5.41, 5.74) is 0. The Balaban J connectivity index is 3.86. The molecule has 0 aromatic carbocycles. The summed E-state index contributed by atoms with van der Waals surface area (Å²) in [5, 5.41) is 8.38. The third-order valence-corrected chi connectivity index (χ3v) is 1.93. The fraction of sp³-hybridized carbons (Fsp3) is 0.400. The standard InChI is InChI=1S/C10H9BrO4/c1-2-3-4-5-6-15-10(14)8(11)7-9(12)13/h1,8H,3-4,7H2,(H,12,13). The summed E-state index contributed by atoms with van der Waals surface area (Å²) in [6.07, 6.45) is 7.71. The number of rotatable bonds is 4. The number of ether oxygens (including phenoxy) is 1. The maximum atomic E-state index is 11.0. The van der Waals surface area contributed by atoms with Gasteiger partial charge in [0.2, 0.25) is 0 Å². The van der Waals surface area contributed by atoms with Crippen LogP contribution in [0.15, 0.2) is 0 Å². The van der Waals surface area contributed by atoms with Crippen molar-refractivity contribution in [3.8, 4) is 24.4 Å². The predicted molar refractivity (Wildman–Crippen MR) is 56.9 cm³/mol. The number of hydrogen-bond acceptors (Lipinski definition) is 3. The van der Waals surface area contributed by atoms with Gasteiger partial charge in [-0.2, -0.15) is 0 Å². The minimum absolute atomic E-state index is 0.342. The van der Waals surface area contributed by atoms with Crippen molar-refractivity contribution in [2.45, 2.75) is 24.1 Å². The molecule has 0 rings (SSSR count). The number of hydrogen-bond donors (Lipinski definition) is 1. The molecule has 80 valence electrons. The van der Waals surface area contributed by atoms with Crippen LogP contribution in [0, 0.1) is 24.4 Å². The highest BCUT2D eigenvalue weighted by atomic mass is 79.9. The number of terminal acetylenes is 1. The van der Waals surface area contributed by atoms with Gasteiger partial charge in [0.25, 0.3) is 0 Å². The first-order chi connectivity index (χ1) is 7.07. The molecule has 0 saturated heterocycles. The van der Waals surface area contributed by atoms with Crippen molar-refractivity contribution in [2.75, 3.05) is 0 Å². The Labute approximate surface area is 96.1 Å². The summed E-state index contributed by atoms with van der Waals surface area (Å²) < 4.78 is 4.47. The molecule has 1 unspecified atom stereocenters. The highest BCUT2D eigenvalue weighted by Crippen LogP contribution is 2.06. The zero-order valence-electron chi connectivity index (χ0n) is 7.83. The molecule has 4 nitrogen and oxygen atoms in total. The molecule has 0 amide bonds. The third-order valence-electron chi connectivity index (χ3n) is 1.23. The molecule has 0 aromatic heterocycles. The van der Waals surface area contributed by atoms with E-state index in [9.17, 15) is 9.59 Å². The fourth-order valence-electron chi connectivity index (χ4n) is 0.573. The van der Waals surface area contributed by atoms with Gasteiger partial charge in [-0.1, -0.05) is 21.9 Å². The van der Waals surface area contributed by atoms with Gasteiger partial charge in [-0.15, -0.1) is 12.3 Å². The minimum atomic E-state index is -1.09. The van der Waals surface area contributed by atoms with E-state index in [2.05, 4.69) is 38.6 Å². The maximum absolute atomic E-state index is 11.0. The second-order valence-electron chi connectivity index (χ2n) is 2.47. The fourth-order valence-corrected chi connectivity index (χ4v) is 0.943. The van der Waals surface area contributed by atoms with E-state index in [0.29, 0.717) is 12.8 Å². The van der Waals surface area contributed by atoms with Gasteiger partial charge in [-0.25, -0.2) is 4.79 Å². The molecule has 0 aliphatic carbocycles. The number of carboxylic acids is 1. The molecular formula is C10H9BrO4.